The van der Waals surface area contributed by atoms with Crippen molar-refractivity contribution in [2.75, 3.05) is 12.4 Å². The van der Waals surface area contributed by atoms with Crippen molar-refractivity contribution in [2.45, 2.75) is 142 Å². The molecule has 27 heavy (non-hydrogen) atoms. The fourth-order valence-corrected chi connectivity index (χ4v) is 4.49. The van der Waals surface area contributed by atoms with Gasteiger partial charge in [-0.05, 0) is 12.6 Å². The van der Waals surface area contributed by atoms with Crippen molar-refractivity contribution in [1.29, 1.82) is 0 Å². The molecule has 0 radical (unpaired) electrons. The highest BCUT2D eigenvalue weighted by molar-refractivity contribution is 7.37. The Morgan fingerprint density at radius 3 is 0.963 bits per heavy atom. The summed E-state index contributed by atoms with van der Waals surface area (Å²) in [4.78, 5) is 0. The molecule has 0 saturated carbocycles. The smallest absolute Gasteiger partial charge is 0.00988 e. The molecule has 0 fully saturated rings. The van der Waals surface area contributed by atoms with E-state index in [0.29, 0.717) is 0 Å². The molecule has 0 heterocycles. The summed E-state index contributed by atoms with van der Waals surface area (Å²) in [5.74, 6) is 0. The Kier molecular flexibility index (Phi) is 31.3. The van der Waals surface area contributed by atoms with Crippen LogP contribution in [0.25, 0.3) is 0 Å². The maximum absolute atomic E-state index is 5.53. The van der Waals surface area contributed by atoms with Crippen LogP contribution in [0.3, 0.4) is 0 Å². The van der Waals surface area contributed by atoms with Crippen LogP contribution in [-0.4, -0.2) is 17.9 Å². The van der Waals surface area contributed by atoms with Crippen molar-refractivity contribution >= 4 is 8.58 Å². The molecule has 0 aliphatic heterocycles. The number of hydrogen-bond donors (Lipinski definition) is 1. The van der Waals surface area contributed by atoms with Crippen molar-refractivity contribution in [3.8, 4) is 0 Å². The second-order valence-corrected chi connectivity index (χ2v) is 9.68. The Balaban J connectivity index is 0. The van der Waals surface area contributed by atoms with Gasteiger partial charge in [0.05, 0.1) is 0 Å². The third-order valence-electron chi connectivity index (χ3n) is 5.60. The highest BCUT2D eigenvalue weighted by Crippen LogP contribution is 2.16. The summed E-state index contributed by atoms with van der Waals surface area (Å²) >= 11 is 0. The predicted octanol–water partition coefficient (Wildman–Crippen LogP) is 7.97. The van der Waals surface area contributed by atoms with Gasteiger partial charge in [0.1, 0.15) is 0 Å². The van der Waals surface area contributed by atoms with Crippen LogP contribution in [0.1, 0.15) is 142 Å². The van der Waals surface area contributed by atoms with Gasteiger partial charge in [0.15, 0.2) is 0 Å². The zero-order chi connectivity index (χ0) is 19.0. The minimum atomic E-state index is 0. The lowest BCUT2D eigenvalue weighted by molar-refractivity contribution is 0.521. The van der Waals surface area contributed by atoms with Gasteiger partial charge in [-0.25, -0.2) is 0 Å². The second-order valence-electron chi connectivity index (χ2n) is 8.28. The average Bonchev–Trinajstić information content (AvgIpc) is 2.66. The predicted molar refractivity (Wildman–Crippen MR) is 128 cm³/mol. The first-order valence-corrected chi connectivity index (χ1v) is 13.7. The molecule has 0 aliphatic carbocycles. The normalized spacial score (nSPS) is 11.3. The van der Waals surface area contributed by atoms with E-state index in [1.807, 2.05) is 0 Å². The lowest BCUT2D eigenvalue weighted by Crippen LogP contribution is -1.91. The molecular formula is C24H54NOP. The molecule has 0 aromatic heterocycles. The molecule has 3 heteroatoms. The van der Waals surface area contributed by atoms with Crippen molar-refractivity contribution in [3.63, 3.8) is 0 Å². The van der Waals surface area contributed by atoms with Crippen LogP contribution in [0.15, 0.2) is 0 Å². The lowest BCUT2D eigenvalue weighted by atomic mass is 10.0. The summed E-state index contributed by atoms with van der Waals surface area (Å²) in [6, 6.07) is 0. The molecule has 0 aromatic carbocycles. The number of rotatable bonds is 23. The van der Waals surface area contributed by atoms with E-state index >= 15 is 0 Å². The summed E-state index contributed by atoms with van der Waals surface area (Å²) < 4.78 is 0. The highest BCUT2D eigenvalue weighted by Gasteiger charge is 1.95. The Bertz CT molecular complexity index is 214. The highest BCUT2D eigenvalue weighted by atomic mass is 31.1. The third-order valence-corrected chi connectivity index (χ3v) is 6.60. The van der Waals surface area contributed by atoms with Crippen LogP contribution < -0.4 is 5.73 Å². The van der Waals surface area contributed by atoms with E-state index in [1.165, 1.54) is 141 Å². The van der Waals surface area contributed by atoms with Crippen LogP contribution in [-0.2, 0) is 0 Å². The topological polar surface area (TPSA) is 57.5 Å². The van der Waals surface area contributed by atoms with Crippen molar-refractivity contribution in [3.05, 3.63) is 0 Å². The van der Waals surface area contributed by atoms with Gasteiger partial charge in [-0.2, -0.15) is 0 Å². The number of unbranched alkanes of at least 4 members (excludes halogenated alkanes) is 20. The van der Waals surface area contributed by atoms with Gasteiger partial charge in [-0.3, -0.25) is 0 Å². The Morgan fingerprint density at radius 2 is 0.704 bits per heavy atom. The van der Waals surface area contributed by atoms with Gasteiger partial charge >= 0.3 is 0 Å². The van der Waals surface area contributed by atoms with Crippen LogP contribution in [0.5, 0.6) is 0 Å². The van der Waals surface area contributed by atoms with Crippen molar-refractivity contribution in [2.24, 2.45) is 5.73 Å². The van der Waals surface area contributed by atoms with Gasteiger partial charge in [0, 0.05) is 6.29 Å². The lowest BCUT2D eigenvalue weighted by Gasteiger charge is -2.04. The summed E-state index contributed by atoms with van der Waals surface area (Å²) in [5, 5.41) is 0. The van der Waals surface area contributed by atoms with E-state index in [1.54, 1.807) is 0 Å². The Hall–Kier alpha value is 0.350. The molecule has 0 aromatic rings. The molecular weight excluding hydrogens is 349 g/mol. The van der Waals surface area contributed by atoms with Crippen LogP contribution >= 0.6 is 8.58 Å². The monoisotopic (exact) mass is 403 g/mol. The average molecular weight is 404 g/mol. The standard InChI is InChI=1S/C24H52NP.H2O/c1-2-3-4-5-6-7-8-9-10-11-12-13-14-15-16-17-18-19-20-21-22-23-26-24-25;/h26H,2-25H2,1H3;1H2. The van der Waals surface area contributed by atoms with Crippen molar-refractivity contribution < 1.29 is 5.48 Å². The fourth-order valence-electron chi connectivity index (χ4n) is 3.78. The zero-order valence-corrected chi connectivity index (χ0v) is 19.8. The van der Waals surface area contributed by atoms with Gasteiger partial charge in [0.2, 0.25) is 0 Å². The van der Waals surface area contributed by atoms with Gasteiger partial charge < -0.3 is 11.2 Å². The maximum Gasteiger partial charge on any atom is 0.00988 e. The van der Waals surface area contributed by atoms with E-state index in [9.17, 15) is 0 Å². The number of nitrogens with two attached hydrogens (primary N) is 1. The minimum Gasteiger partial charge on any atom is -0.412 e. The van der Waals surface area contributed by atoms with Crippen LogP contribution in [0.4, 0.5) is 0 Å². The molecule has 1 atom stereocenters. The quantitative estimate of drug-likeness (QED) is 0.136. The molecule has 0 rings (SSSR count). The van der Waals surface area contributed by atoms with E-state index in [2.05, 4.69) is 6.92 Å². The zero-order valence-electron chi connectivity index (χ0n) is 18.8. The van der Waals surface area contributed by atoms with E-state index in [-0.39, 0.29) is 5.48 Å². The molecule has 4 N–H and O–H groups in total. The van der Waals surface area contributed by atoms with Gasteiger partial charge in [-0.1, -0.05) is 135 Å². The molecule has 166 valence electrons. The largest absolute Gasteiger partial charge is 0.412 e. The number of hydrogen-bond acceptors (Lipinski definition) is 1. The summed E-state index contributed by atoms with van der Waals surface area (Å²) in [6.07, 6.45) is 33.1. The molecule has 0 spiro atoms. The summed E-state index contributed by atoms with van der Waals surface area (Å²) in [7, 11) is 1.00. The summed E-state index contributed by atoms with van der Waals surface area (Å²) in [5.41, 5.74) is 5.53. The SMILES string of the molecule is CCCCCCCCCCCCCCCCCCCCCCCPCN.O. The van der Waals surface area contributed by atoms with Crippen LogP contribution in [0, 0.1) is 0 Å². The Morgan fingerprint density at radius 1 is 0.444 bits per heavy atom. The molecule has 0 amide bonds. The first-order chi connectivity index (χ1) is 12.9. The van der Waals surface area contributed by atoms with E-state index in [0.717, 1.165) is 14.9 Å². The molecule has 2 nitrogen and oxygen atoms in total. The molecule has 0 saturated heterocycles. The third kappa shape index (κ3) is 28.7. The van der Waals surface area contributed by atoms with E-state index < -0.39 is 0 Å². The molecule has 1 unspecified atom stereocenters. The summed E-state index contributed by atoms with van der Waals surface area (Å²) in [6.45, 7) is 2.30. The first kappa shape index (κ1) is 29.6. The molecule has 0 aliphatic rings. The fraction of sp³-hybridized carbons (Fsp3) is 1.00. The Labute approximate surface area is 174 Å². The van der Waals surface area contributed by atoms with Gasteiger partial charge in [-0.15, -0.1) is 8.58 Å². The van der Waals surface area contributed by atoms with Crippen molar-refractivity contribution in [1.82, 2.24) is 0 Å². The first-order valence-electron chi connectivity index (χ1n) is 12.3. The van der Waals surface area contributed by atoms with Crippen LogP contribution in [0.2, 0.25) is 0 Å². The second kappa shape index (κ2) is 28.6. The maximum atomic E-state index is 5.53. The van der Waals surface area contributed by atoms with Gasteiger partial charge in [0.25, 0.3) is 0 Å². The van der Waals surface area contributed by atoms with E-state index in [4.69, 9.17) is 5.73 Å². The molecule has 0 bridgehead atoms. The minimum absolute atomic E-state index is 0.